The summed E-state index contributed by atoms with van der Waals surface area (Å²) in [6.45, 7) is 10.1. The number of piperidine rings is 6. The Hall–Kier alpha value is -13.1. The van der Waals surface area contributed by atoms with Crippen LogP contribution in [-0.2, 0) is 19.2 Å². The molecule has 6 aromatic heterocycles. The average Bonchev–Trinajstić information content (AvgIpc) is 1.71. The van der Waals surface area contributed by atoms with Gasteiger partial charge in [-0.05, 0) is 170 Å². The Morgan fingerprint density at radius 3 is 1.39 bits per heavy atom. The van der Waals surface area contributed by atoms with Crippen molar-refractivity contribution in [3.8, 4) is 33.9 Å². The normalized spacial score (nSPS) is 24.0. The van der Waals surface area contributed by atoms with Crippen molar-refractivity contribution < 1.29 is 65.5 Å². The molecule has 38 heteroatoms. The van der Waals surface area contributed by atoms with E-state index in [0.717, 1.165) is 99.0 Å². The second-order valence-corrected chi connectivity index (χ2v) is 36.6. The number of benzene rings is 4. The van der Waals surface area contributed by atoms with E-state index in [1.165, 1.54) is 60.8 Å². The summed E-state index contributed by atoms with van der Waals surface area (Å²) in [5.74, 6) is -6.17. The Morgan fingerprint density at radius 2 is 0.921 bits per heavy atom. The van der Waals surface area contributed by atoms with Gasteiger partial charge in [0.1, 0.15) is 80.9 Å². The van der Waals surface area contributed by atoms with Crippen molar-refractivity contribution in [1.29, 1.82) is 0 Å². The Kier molecular flexibility index (Phi) is 18.3. The molecule has 7 atom stereocenters. The molecule has 10 amide bonds. The number of hydrogen-bond acceptors (Lipinski definition) is 24. The van der Waals surface area contributed by atoms with Crippen molar-refractivity contribution >= 4 is 140 Å². The number of nitrogens with zero attached hydrogens (tertiary/aromatic N) is 16. The Morgan fingerprint density at radius 1 is 0.468 bits per heavy atom. The molecule has 12 aliphatic rings. The lowest BCUT2D eigenvalue weighted by Crippen LogP contribution is -2.61. The highest BCUT2D eigenvalue weighted by molar-refractivity contribution is 6.31. The number of imide groups is 4. The molecule has 8 N–H and O–H groups in total. The third kappa shape index (κ3) is 13.2. The molecule has 16 heterocycles. The Labute approximate surface area is 723 Å². The zero-order chi connectivity index (χ0) is 86.7. The summed E-state index contributed by atoms with van der Waals surface area (Å²) in [4.78, 5) is 174. The number of likely N-dealkylation sites (tertiary alicyclic amines) is 2. The SMILES string of the molecule is Nc1nccn2c(N3CCC4(CC3)CN(CC3[C@H]5CN(c6cc7c(cc6F)C(=O)N(C6CCC(=O)NC6=O)C7=O)C[C@@H]35)C4)nc(-c3ccc(C(=O)Nc4cc(Cl)cc(-c5cn6c(N7CCC8(CC7)CN(CC7C9CN(c%10cc%11c(cc%10F)C(=O)N(C%10CCC(=O)NC%10=O)C%11=O)CC79)C8)nc(-c7ccc(C(=O)Nc8cc(Cl)ccn8)cc7F)c6c(N)n5)n4)cc3F)c12. The minimum absolute atomic E-state index is 0.00331. The summed E-state index contributed by atoms with van der Waals surface area (Å²) in [5.41, 5.74) is 15.4. The molecule has 2 aliphatic carbocycles. The van der Waals surface area contributed by atoms with Gasteiger partial charge in [-0.15, -0.1) is 0 Å². The maximum atomic E-state index is 16.9. The molecule has 5 unspecified atom stereocenters. The summed E-state index contributed by atoms with van der Waals surface area (Å²) >= 11 is 13.0. The summed E-state index contributed by atoms with van der Waals surface area (Å²) in [5, 5.41) is 10.3. The molecule has 10 fully saturated rings. The van der Waals surface area contributed by atoms with E-state index in [9.17, 15) is 47.9 Å². The molecule has 10 aromatic rings. The third-order valence-corrected chi connectivity index (χ3v) is 28.7. The van der Waals surface area contributed by atoms with Gasteiger partial charge in [0.05, 0.1) is 39.3 Å². The number of fused-ring (bicyclic) bond motifs is 6. The van der Waals surface area contributed by atoms with Crippen LogP contribution in [0.1, 0.15) is 114 Å². The molecule has 642 valence electrons. The van der Waals surface area contributed by atoms with E-state index in [1.807, 2.05) is 14.2 Å². The van der Waals surface area contributed by atoms with Gasteiger partial charge in [0.15, 0.2) is 5.82 Å². The summed E-state index contributed by atoms with van der Waals surface area (Å²) in [6.07, 6.45) is 9.65. The number of aromatic nitrogens is 8. The van der Waals surface area contributed by atoms with Crippen molar-refractivity contribution in [2.75, 3.05) is 133 Å². The van der Waals surface area contributed by atoms with Crippen LogP contribution in [0, 0.1) is 69.6 Å². The predicted molar refractivity (Wildman–Crippen MR) is 451 cm³/mol. The molecule has 2 spiro atoms. The summed E-state index contributed by atoms with van der Waals surface area (Å²) < 4.78 is 69.0. The molecular formula is C88H78Cl2F4N22O10. The van der Waals surface area contributed by atoms with Crippen LogP contribution in [0.5, 0.6) is 0 Å². The Bertz CT molecular complexity index is 6490. The van der Waals surface area contributed by atoms with Crippen LogP contribution in [0.2, 0.25) is 10.0 Å². The van der Waals surface area contributed by atoms with Gasteiger partial charge in [-0.1, -0.05) is 23.2 Å². The van der Waals surface area contributed by atoms with Crippen LogP contribution in [-0.4, -0.2) is 221 Å². The van der Waals surface area contributed by atoms with Crippen LogP contribution in [0.3, 0.4) is 0 Å². The minimum atomic E-state index is -1.16. The van der Waals surface area contributed by atoms with E-state index in [4.69, 9.17) is 54.6 Å². The lowest BCUT2D eigenvalue weighted by Gasteiger charge is -2.54. The number of hydrogen-bond donors (Lipinski definition) is 6. The number of halogens is 6. The van der Waals surface area contributed by atoms with Gasteiger partial charge in [-0.2, -0.15) is 0 Å². The molecule has 8 saturated heterocycles. The molecule has 0 bridgehead atoms. The lowest BCUT2D eigenvalue weighted by atomic mass is 9.72. The van der Waals surface area contributed by atoms with Crippen LogP contribution < -0.4 is 52.3 Å². The van der Waals surface area contributed by atoms with Crippen molar-refractivity contribution in [2.24, 2.45) is 46.3 Å². The zero-order valence-electron chi connectivity index (χ0n) is 67.2. The molecule has 0 radical (unpaired) electrons. The van der Waals surface area contributed by atoms with Crippen LogP contribution in [0.4, 0.5) is 64.1 Å². The van der Waals surface area contributed by atoms with Gasteiger partial charge < -0.3 is 51.5 Å². The van der Waals surface area contributed by atoms with Gasteiger partial charge in [-0.3, -0.25) is 77.2 Å². The monoisotopic (exact) mass is 1750 g/mol. The molecule has 2 saturated carbocycles. The van der Waals surface area contributed by atoms with Crippen molar-refractivity contribution in [1.82, 2.24) is 68.9 Å². The fourth-order valence-electron chi connectivity index (χ4n) is 21.7. The van der Waals surface area contributed by atoms with E-state index >= 15 is 17.6 Å². The molecular weight excluding hydrogens is 1670 g/mol. The van der Waals surface area contributed by atoms with Crippen molar-refractivity contribution in [2.45, 2.75) is 63.5 Å². The number of nitrogens with two attached hydrogens (primary N) is 2. The second kappa shape index (κ2) is 29.3. The number of pyridine rings is 2. The number of rotatable bonds is 17. The number of imidazole rings is 2. The second-order valence-electron chi connectivity index (χ2n) is 35.7. The van der Waals surface area contributed by atoms with E-state index in [1.54, 1.807) is 29.1 Å². The van der Waals surface area contributed by atoms with Gasteiger partial charge in [0, 0.05) is 162 Å². The predicted octanol–water partition coefficient (Wildman–Crippen LogP) is 8.47. The van der Waals surface area contributed by atoms with Gasteiger partial charge in [-0.25, -0.2) is 47.5 Å². The standard InChI is InChI=1S/C88H78Cl2F4N22O10/c89-43-9-14-97-67(24-43)101-77(119)41-1-4-46(58(92)21-41)72-74-76(96)100-62(36-114(74)86(106-72)110-18-12-88(13-19-110)39-108(40-88)31-52-55-34-112(35-56(52)55)66-29-50-48(27-60(66)94)82(124)116(84(50)126)64-6-8-70(118)104-80(64)122)61-23-44(90)25-68(99-61)102-78(120)42-2-3-45(57(91)22-42)71-73-75(95)98-15-20-113(73)85(105-71)109-16-10-87(11-17-109)37-107(38-87)30-51-53-32-111(33-54(51)53)65-28-49-47(26-59(65)93)81(123)115(83(49)125)63-5-7-69(117)103-79(63)121/h1-4,9,14-15,20-29,36,51-56,63-64H,5-8,10-13,16-19,30-35,37-40H2,(H2,95,98)(H2,96,100)(H,97,101,119)(H,99,102,120)(H,103,117,121)(H,104,118,122)/t51?,52?,53-,54+,55?,56?,63?,64?. The quantitative estimate of drug-likeness (QED) is 0.0367. The highest BCUT2D eigenvalue weighted by atomic mass is 35.5. The van der Waals surface area contributed by atoms with Crippen molar-refractivity contribution in [3.05, 3.63) is 176 Å². The van der Waals surface area contributed by atoms with E-state index < -0.39 is 94.4 Å². The number of anilines is 8. The number of carbonyl (C=O) groups excluding carboxylic acids is 10. The third-order valence-electron chi connectivity index (χ3n) is 28.2. The molecule has 126 heavy (non-hydrogen) atoms. The number of carbonyl (C=O) groups is 10. The number of nitrogen functional groups attached to an aromatic ring is 2. The molecule has 22 rings (SSSR count). The summed E-state index contributed by atoms with van der Waals surface area (Å²) in [6, 6.07) is 16.7. The first-order valence-corrected chi connectivity index (χ1v) is 42.8. The fourth-order valence-corrected chi connectivity index (χ4v) is 22.1. The van der Waals surface area contributed by atoms with Crippen LogP contribution in [0.15, 0.2) is 110 Å². The first-order valence-electron chi connectivity index (χ1n) is 42.0. The maximum Gasteiger partial charge on any atom is 0.262 e. The maximum absolute atomic E-state index is 16.9. The summed E-state index contributed by atoms with van der Waals surface area (Å²) in [7, 11) is 0. The smallest absolute Gasteiger partial charge is 0.262 e. The average molecular weight is 1750 g/mol. The number of amides is 10. The fraction of sp³-hybridized carbons (Fsp3) is 0.364. The Balaban J connectivity index is 0.454. The van der Waals surface area contributed by atoms with Crippen LogP contribution in [0.25, 0.3) is 44.9 Å². The van der Waals surface area contributed by atoms with E-state index in [-0.39, 0.29) is 149 Å². The van der Waals surface area contributed by atoms with Gasteiger partial charge in [0.2, 0.25) is 35.5 Å². The van der Waals surface area contributed by atoms with E-state index in [0.29, 0.717) is 110 Å². The number of nitrogens with one attached hydrogen (secondary N) is 4. The molecule has 32 nitrogen and oxygen atoms in total. The zero-order valence-corrected chi connectivity index (χ0v) is 68.7. The van der Waals surface area contributed by atoms with Gasteiger partial charge in [0.25, 0.3) is 35.4 Å². The lowest BCUT2D eigenvalue weighted by molar-refractivity contribution is -0.137. The van der Waals surface area contributed by atoms with Crippen molar-refractivity contribution in [3.63, 3.8) is 0 Å². The van der Waals surface area contributed by atoms with E-state index in [2.05, 4.69) is 50.8 Å². The molecule has 10 aliphatic heterocycles. The highest BCUT2D eigenvalue weighted by Crippen LogP contribution is 2.57. The molecule has 4 aromatic carbocycles. The first-order chi connectivity index (χ1) is 60.6. The topological polar surface area (TPSA) is 383 Å². The minimum Gasteiger partial charge on any atom is -0.382 e. The van der Waals surface area contributed by atoms with Gasteiger partial charge >= 0.3 is 0 Å². The van der Waals surface area contributed by atoms with Crippen LogP contribution >= 0.6 is 23.2 Å². The first kappa shape index (κ1) is 78.9. The largest absolute Gasteiger partial charge is 0.382 e. The highest BCUT2D eigenvalue weighted by Gasteiger charge is 2.61.